The predicted molar refractivity (Wildman–Crippen MR) is 69.4 cm³/mol. The quantitative estimate of drug-likeness (QED) is 0.910. The molecule has 6 heteroatoms. The largest absolute Gasteiger partial charge is 0.326 e. The van der Waals surface area contributed by atoms with Gasteiger partial charge in [-0.1, -0.05) is 6.92 Å². The molecule has 1 aliphatic heterocycles. The molecule has 17 heavy (non-hydrogen) atoms. The van der Waals surface area contributed by atoms with Gasteiger partial charge in [0, 0.05) is 24.0 Å². The summed E-state index contributed by atoms with van der Waals surface area (Å²) in [7, 11) is -3.29. The number of hydrogen-bond acceptors (Lipinski definition) is 4. The first-order valence-electron chi connectivity index (χ1n) is 5.90. The third-order valence-electron chi connectivity index (χ3n) is 3.20. The Balaban J connectivity index is 2.29. The van der Waals surface area contributed by atoms with Gasteiger partial charge in [0.15, 0.2) is 0 Å². The Bertz CT molecular complexity index is 481. The summed E-state index contributed by atoms with van der Waals surface area (Å²) in [5.41, 5.74) is 5.52. The number of sulfonamides is 1. The van der Waals surface area contributed by atoms with Crippen molar-refractivity contribution in [1.29, 1.82) is 0 Å². The van der Waals surface area contributed by atoms with Crippen LogP contribution in [-0.4, -0.2) is 25.3 Å². The van der Waals surface area contributed by atoms with Crippen molar-refractivity contribution in [3.05, 3.63) is 17.0 Å². The second-order valence-corrected chi connectivity index (χ2v) is 7.53. The molecular weight excluding hydrogens is 256 g/mol. The first kappa shape index (κ1) is 13.0. The molecule has 4 nitrogen and oxygen atoms in total. The fraction of sp³-hybridized carbons (Fsp3) is 0.636. The first-order chi connectivity index (χ1) is 8.09. The Morgan fingerprint density at radius 2 is 2.29 bits per heavy atom. The lowest BCUT2D eigenvalue weighted by Crippen LogP contribution is -2.34. The van der Waals surface area contributed by atoms with Crippen LogP contribution in [0.25, 0.3) is 0 Å². The highest BCUT2D eigenvalue weighted by Crippen LogP contribution is 2.31. The van der Waals surface area contributed by atoms with Crippen LogP contribution in [0.15, 0.2) is 16.3 Å². The van der Waals surface area contributed by atoms with E-state index in [9.17, 15) is 8.42 Å². The monoisotopic (exact) mass is 274 g/mol. The lowest BCUT2D eigenvalue weighted by molar-refractivity contribution is 0.380. The molecule has 1 aromatic rings. The topological polar surface area (TPSA) is 63.4 Å². The molecule has 0 aromatic carbocycles. The van der Waals surface area contributed by atoms with Gasteiger partial charge in [0.2, 0.25) is 0 Å². The van der Waals surface area contributed by atoms with Crippen LogP contribution in [0.1, 0.15) is 31.1 Å². The molecule has 2 heterocycles. The fourth-order valence-corrected chi connectivity index (χ4v) is 5.39. The van der Waals surface area contributed by atoms with Crippen molar-refractivity contribution < 1.29 is 8.42 Å². The standard InChI is InChI=1S/C11H18N2O2S2/c1-2-9-4-3-7-13(9)17(14,15)11-6-5-10(8-12)16-11/h5-6,9H,2-4,7-8,12H2,1H3. The highest BCUT2D eigenvalue weighted by atomic mass is 32.2. The van der Waals surface area contributed by atoms with Gasteiger partial charge in [-0.2, -0.15) is 4.31 Å². The molecule has 1 atom stereocenters. The van der Waals surface area contributed by atoms with Crippen LogP contribution >= 0.6 is 11.3 Å². The third kappa shape index (κ3) is 2.40. The maximum Gasteiger partial charge on any atom is 0.252 e. The summed E-state index contributed by atoms with van der Waals surface area (Å²) in [5, 5.41) is 0. The minimum absolute atomic E-state index is 0.170. The number of thiophene rings is 1. The summed E-state index contributed by atoms with van der Waals surface area (Å²) < 4.78 is 26.9. The average Bonchev–Trinajstić information content (AvgIpc) is 2.97. The van der Waals surface area contributed by atoms with Gasteiger partial charge in [-0.25, -0.2) is 8.42 Å². The van der Waals surface area contributed by atoms with Crippen LogP contribution in [0.3, 0.4) is 0 Å². The van der Waals surface area contributed by atoms with Crippen LogP contribution in [0.4, 0.5) is 0 Å². The van der Waals surface area contributed by atoms with Gasteiger partial charge in [0.25, 0.3) is 10.0 Å². The Morgan fingerprint density at radius 3 is 2.88 bits per heavy atom. The Morgan fingerprint density at radius 1 is 1.53 bits per heavy atom. The van der Waals surface area contributed by atoms with Crippen molar-refractivity contribution in [1.82, 2.24) is 4.31 Å². The molecule has 0 spiro atoms. The maximum atomic E-state index is 12.4. The fourth-order valence-electron chi connectivity index (χ4n) is 2.26. The van der Waals surface area contributed by atoms with Crippen molar-refractivity contribution >= 4 is 21.4 Å². The van der Waals surface area contributed by atoms with Crippen LogP contribution in [0, 0.1) is 0 Å². The van der Waals surface area contributed by atoms with E-state index in [1.165, 1.54) is 11.3 Å². The lowest BCUT2D eigenvalue weighted by atomic mass is 10.2. The first-order valence-corrected chi connectivity index (χ1v) is 8.16. The van der Waals surface area contributed by atoms with Gasteiger partial charge < -0.3 is 5.73 Å². The molecule has 2 rings (SSSR count). The van der Waals surface area contributed by atoms with E-state index in [1.54, 1.807) is 16.4 Å². The number of hydrogen-bond donors (Lipinski definition) is 1. The van der Waals surface area contributed by atoms with E-state index in [2.05, 4.69) is 0 Å². The molecule has 0 bridgehead atoms. The maximum absolute atomic E-state index is 12.4. The van der Waals surface area contributed by atoms with Crippen molar-refractivity contribution in [2.45, 2.75) is 43.0 Å². The number of nitrogens with two attached hydrogens (primary N) is 1. The molecule has 1 aromatic heterocycles. The molecular formula is C11H18N2O2S2. The zero-order valence-electron chi connectivity index (χ0n) is 9.93. The summed E-state index contributed by atoms with van der Waals surface area (Å²) in [6, 6.07) is 3.64. The van der Waals surface area contributed by atoms with E-state index in [0.29, 0.717) is 17.3 Å². The highest BCUT2D eigenvalue weighted by molar-refractivity contribution is 7.91. The summed E-state index contributed by atoms with van der Waals surface area (Å²) in [6.07, 6.45) is 2.83. The third-order valence-corrected chi connectivity index (χ3v) is 6.72. The minimum Gasteiger partial charge on any atom is -0.326 e. The molecule has 1 saturated heterocycles. The minimum atomic E-state index is -3.29. The van der Waals surface area contributed by atoms with E-state index in [4.69, 9.17) is 5.73 Å². The summed E-state index contributed by atoms with van der Waals surface area (Å²) >= 11 is 1.28. The van der Waals surface area contributed by atoms with E-state index >= 15 is 0 Å². The van der Waals surface area contributed by atoms with Gasteiger partial charge in [-0.3, -0.25) is 0 Å². The van der Waals surface area contributed by atoms with Gasteiger partial charge in [0.05, 0.1) is 0 Å². The van der Waals surface area contributed by atoms with Crippen LogP contribution in [0.2, 0.25) is 0 Å². The molecule has 2 N–H and O–H groups in total. The summed E-state index contributed by atoms with van der Waals surface area (Å²) in [4.78, 5) is 0.913. The number of rotatable bonds is 4. The van der Waals surface area contributed by atoms with Gasteiger partial charge >= 0.3 is 0 Å². The van der Waals surface area contributed by atoms with E-state index in [1.807, 2.05) is 6.92 Å². The SMILES string of the molecule is CCC1CCCN1S(=O)(=O)c1ccc(CN)s1. The Labute approximate surface area is 106 Å². The molecule has 96 valence electrons. The van der Waals surface area contributed by atoms with Crippen molar-refractivity contribution in [3.8, 4) is 0 Å². The summed E-state index contributed by atoms with van der Waals surface area (Å²) in [6.45, 7) is 3.09. The van der Waals surface area contributed by atoms with Gasteiger partial charge in [-0.15, -0.1) is 11.3 Å². The van der Waals surface area contributed by atoms with Crippen LogP contribution in [0.5, 0.6) is 0 Å². The number of nitrogens with zero attached hydrogens (tertiary/aromatic N) is 1. The predicted octanol–water partition coefficient (Wildman–Crippen LogP) is 1.77. The Hall–Kier alpha value is -0.430. The van der Waals surface area contributed by atoms with E-state index < -0.39 is 10.0 Å². The summed E-state index contributed by atoms with van der Waals surface area (Å²) in [5.74, 6) is 0. The molecule has 0 aliphatic carbocycles. The average molecular weight is 274 g/mol. The lowest BCUT2D eigenvalue weighted by Gasteiger charge is -2.21. The molecule has 1 aliphatic rings. The second-order valence-electron chi connectivity index (χ2n) is 4.24. The van der Waals surface area contributed by atoms with Crippen molar-refractivity contribution in [2.24, 2.45) is 5.73 Å². The molecule has 0 amide bonds. The van der Waals surface area contributed by atoms with E-state index in [-0.39, 0.29) is 6.04 Å². The van der Waals surface area contributed by atoms with Crippen LogP contribution in [-0.2, 0) is 16.6 Å². The molecule has 1 unspecified atom stereocenters. The van der Waals surface area contributed by atoms with Crippen molar-refractivity contribution in [3.63, 3.8) is 0 Å². The zero-order chi connectivity index (χ0) is 12.5. The smallest absolute Gasteiger partial charge is 0.252 e. The zero-order valence-corrected chi connectivity index (χ0v) is 11.6. The van der Waals surface area contributed by atoms with Crippen LogP contribution < -0.4 is 5.73 Å². The highest BCUT2D eigenvalue weighted by Gasteiger charge is 2.34. The van der Waals surface area contributed by atoms with Gasteiger partial charge in [-0.05, 0) is 31.4 Å². The molecule has 0 radical (unpaired) electrons. The molecule has 0 saturated carbocycles. The van der Waals surface area contributed by atoms with Gasteiger partial charge in [0.1, 0.15) is 4.21 Å². The molecule has 1 fully saturated rings. The second kappa shape index (κ2) is 5.06. The normalized spacial score (nSPS) is 22.1. The van der Waals surface area contributed by atoms with Crippen molar-refractivity contribution in [2.75, 3.05) is 6.54 Å². The van der Waals surface area contributed by atoms with E-state index in [0.717, 1.165) is 24.1 Å². The Kier molecular flexibility index (Phi) is 3.87.